The van der Waals surface area contributed by atoms with Crippen molar-refractivity contribution in [1.29, 1.82) is 0 Å². The van der Waals surface area contributed by atoms with E-state index in [0.29, 0.717) is 22.8 Å². The van der Waals surface area contributed by atoms with Crippen LogP contribution in [-0.4, -0.2) is 17.3 Å². The molecule has 0 heterocycles. The van der Waals surface area contributed by atoms with E-state index < -0.39 is 23.0 Å². The van der Waals surface area contributed by atoms with Crippen LogP contribution in [0.1, 0.15) is 30.9 Å². The van der Waals surface area contributed by atoms with Gasteiger partial charge in [-0.2, -0.15) is 0 Å². The quantitative estimate of drug-likeness (QED) is 0.546. The van der Waals surface area contributed by atoms with Gasteiger partial charge in [-0.15, -0.1) is 12.4 Å². The third kappa shape index (κ3) is 6.29. The molecule has 0 aliphatic heterocycles. The minimum absolute atomic E-state index is 0. The molecule has 0 aliphatic carbocycles. The van der Waals surface area contributed by atoms with Crippen molar-refractivity contribution in [2.45, 2.75) is 48.4 Å². The zero-order valence-electron chi connectivity index (χ0n) is 15.0. The molecule has 1 atom stereocenters. The van der Waals surface area contributed by atoms with Crippen molar-refractivity contribution in [2.24, 2.45) is 5.73 Å². The summed E-state index contributed by atoms with van der Waals surface area (Å²) in [5, 5.41) is 9.68. The van der Waals surface area contributed by atoms with E-state index in [1.54, 1.807) is 19.1 Å². The van der Waals surface area contributed by atoms with Gasteiger partial charge in [0.2, 0.25) is 0 Å². The van der Waals surface area contributed by atoms with Crippen LogP contribution in [0.15, 0.2) is 34.1 Å². The lowest BCUT2D eigenvalue weighted by molar-refractivity contribution is 0.198. The first-order valence-electron chi connectivity index (χ1n) is 8.15. The summed E-state index contributed by atoms with van der Waals surface area (Å²) in [5.41, 5.74) is 5.84. The molecule has 0 saturated heterocycles. The molecule has 2 aromatic rings. The van der Waals surface area contributed by atoms with Crippen molar-refractivity contribution in [3.05, 3.63) is 57.9 Å². The molecule has 150 valence electrons. The fraction of sp³-hybridized carbons (Fsp3) is 0.368. The molecule has 0 aromatic heterocycles. The molecule has 27 heavy (non-hydrogen) atoms. The van der Waals surface area contributed by atoms with Crippen molar-refractivity contribution < 1.29 is 18.3 Å². The molecule has 0 bridgehead atoms. The van der Waals surface area contributed by atoms with E-state index in [1.165, 1.54) is 6.92 Å². The molecule has 0 aliphatic rings. The van der Waals surface area contributed by atoms with Gasteiger partial charge in [0.25, 0.3) is 0 Å². The second-order valence-corrected chi connectivity index (χ2v) is 8.15. The first-order valence-corrected chi connectivity index (χ1v) is 9.34. The van der Waals surface area contributed by atoms with Gasteiger partial charge < -0.3 is 10.8 Å². The molecule has 2 rings (SSSR count). The Labute approximate surface area is 172 Å². The molecule has 3 N–H and O–H groups in total. The number of benzene rings is 2. The van der Waals surface area contributed by atoms with Gasteiger partial charge in [0.15, 0.2) is 11.6 Å². The summed E-state index contributed by atoms with van der Waals surface area (Å²) in [4.78, 5) is 0.633. The van der Waals surface area contributed by atoms with Crippen LogP contribution in [-0.2, 0) is 6.42 Å². The highest BCUT2D eigenvalue weighted by molar-refractivity contribution is 7.99. The molecule has 0 fully saturated rings. The van der Waals surface area contributed by atoms with Gasteiger partial charge in [-0.1, -0.05) is 29.4 Å². The molecule has 1 unspecified atom stereocenters. The summed E-state index contributed by atoms with van der Waals surface area (Å²) in [6.45, 7) is 2.90. The molecule has 0 spiro atoms. The third-order valence-corrected chi connectivity index (χ3v) is 5.51. The van der Waals surface area contributed by atoms with Gasteiger partial charge in [-0.3, -0.25) is 0 Å². The summed E-state index contributed by atoms with van der Waals surface area (Å²) in [7, 11) is 0. The minimum atomic E-state index is -1.17. The van der Waals surface area contributed by atoms with E-state index in [2.05, 4.69) is 0 Å². The van der Waals surface area contributed by atoms with E-state index in [0.717, 1.165) is 29.8 Å². The number of aliphatic hydroxyl groups excluding tert-OH is 1. The van der Waals surface area contributed by atoms with Crippen molar-refractivity contribution in [3.8, 4) is 0 Å². The number of aryl methyl sites for hydroxylation is 1. The van der Waals surface area contributed by atoms with Gasteiger partial charge in [-0.25, -0.2) is 13.2 Å². The molecule has 8 heteroatoms. The lowest BCUT2D eigenvalue weighted by atomic mass is 9.95. The Morgan fingerprint density at radius 2 is 1.85 bits per heavy atom. The standard InChI is InChI=1S/C19H21ClF3NOS.ClH/c1-11-17(22)15(21)9-16(18(11)23)26-13-6-5-12(14(20)8-13)4-3-7-19(2,24)10-25;/h5-6,8-9,25H,3-4,7,10,24H2,1-2H3;1H. The highest BCUT2D eigenvalue weighted by Gasteiger charge is 2.18. The van der Waals surface area contributed by atoms with Crippen LogP contribution in [0.5, 0.6) is 0 Å². The number of rotatable bonds is 7. The van der Waals surface area contributed by atoms with E-state index in [4.69, 9.17) is 22.4 Å². The van der Waals surface area contributed by atoms with E-state index in [1.807, 2.05) is 6.07 Å². The van der Waals surface area contributed by atoms with Crippen LogP contribution < -0.4 is 5.73 Å². The van der Waals surface area contributed by atoms with Gasteiger partial charge >= 0.3 is 0 Å². The normalized spacial score (nSPS) is 13.2. The summed E-state index contributed by atoms with van der Waals surface area (Å²) in [6, 6.07) is 6.10. The maximum absolute atomic E-state index is 14.1. The van der Waals surface area contributed by atoms with Gasteiger partial charge in [0.1, 0.15) is 5.82 Å². The molecule has 0 saturated carbocycles. The minimum Gasteiger partial charge on any atom is -0.394 e. The van der Waals surface area contributed by atoms with E-state index in [-0.39, 0.29) is 29.5 Å². The fourth-order valence-corrected chi connectivity index (χ4v) is 3.77. The van der Waals surface area contributed by atoms with Crippen molar-refractivity contribution in [3.63, 3.8) is 0 Å². The molecule has 2 aromatic carbocycles. The molecule has 0 radical (unpaired) electrons. The largest absolute Gasteiger partial charge is 0.394 e. The summed E-state index contributed by atoms with van der Waals surface area (Å²) < 4.78 is 41.0. The smallest absolute Gasteiger partial charge is 0.164 e. The summed E-state index contributed by atoms with van der Waals surface area (Å²) in [6.07, 6.45) is 2.10. The Hall–Kier alpha value is -0.920. The Balaban J connectivity index is 0.00000364. The number of hydrogen-bond donors (Lipinski definition) is 2. The highest BCUT2D eigenvalue weighted by Crippen LogP contribution is 2.35. The van der Waals surface area contributed by atoms with Crippen LogP contribution in [0.3, 0.4) is 0 Å². The molecular weight excluding hydrogens is 418 g/mol. The average molecular weight is 440 g/mol. The second-order valence-electron chi connectivity index (χ2n) is 6.63. The van der Waals surface area contributed by atoms with E-state index >= 15 is 0 Å². The average Bonchev–Trinajstić information content (AvgIpc) is 2.59. The first-order chi connectivity index (χ1) is 12.1. The number of halogens is 5. The van der Waals surface area contributed by atoms with Crippen LogP contribution in [0.4, 0.5) is 13.2 Å². The topological polar surface area (TPSA) is 46.2 Å². The maximum Gasteiger partial charge on any atom is 0.164 e. The Bertz CT molecular complexity index is 803. The lowest BCUT2D eigenvalue weighted by Crippen LogP contribution is -2.40. The first kappa shape index (κ1) is 24.1. The van der Waals surface area contributed by atoms with Crippen LogP contribution in [0.2, 0.25) is 5.02 Å². The maximum atomic E-state index is 14.1. The van der Waals surface area contributed by atoms with Gasteiger partial charge in [-0.05, 0) is 56.9 Å². The van der Waals surface area contributed by atoms with Crippen LogP contribution in [0, 0.1) is 24.4 Å². The van der Waals surface area contributed by atoms with Crippen molar-refractivity contribution >= 4 is 35.8 Å². The molecule has 2 nitrogen and oxygen atoms in total. The molecule has 0 amide bonds. The zero-order chi connectivity index (χ0) is 19.5. The Kier molecular flexibility index (Phi) is 8.96. The number of hydrogen-bond acceptors (Lipinski definition) is 3. The predicted molar refractivity (Wildman–Crippen MR) is 106 cm³/mol. The van der Waals surface area contributed by atoms with Gasteiger partial charge in [0, 0.05) is 21.0 Å². The fourth-order valence-electron chi connectivity index (χ4n) is 2.46. The third-order valence-electron chi connectivity index (χ3n) is 4.15. The Morgan fingerprint density at radius 3 is 2.44 bits per heavy atom. The van der Waals surface area contributed by atoms with Crippen molar-refractivity contribution in [1.82, 2.24) is 0 Å². The molecular formula is C19H22Cl2F3NOS. The van der Waals surface area contributed by atoms with Crippen LogP contribution >= 0.6 is 35.8 Å². The lowest BCUT2D eigenvalue weighted by Gasteiger charge is -2.21. The van der Waals surface area contributed by atoms with Crippen molar-refractivity contribution in [2.75, 3.05) is 6.61 Å². The highest BCUT2D eigenvalue weighted by atomic mass is 35.5. The zero-order valence-corrected chi connectivity index (χ0v) is 17.4. The summed E-state index contributed by atoms with van der Waals surface area (Å²) >= 11 is 7.27. The van der Waals surface area contributed by atoms with E-state index in [9.17, 15) is 13.2 Å². The van der Waals surface area contributed by atoms with Gasteiger partial charge in [0.05, 0.1) is 11.5 Å². The monoisotopic (exact) mass is 439 g/mol. The number of nitrogens with two attached hydrogens (primary N) is 1. The van der Waals surface area contributed by atoms with Crippen LogP contribution in [0.25, 0.3) is 0 Å². The predicted octanol–water partition coefficient (Wildman–Crippen LogP) is 5.67. The second kappa shape index (κ2) is 10.0. The SMILES string of the molecule is Cc1c(F)c(F)cc(Sc2ccc(CCCC(C)(N)CO)c(Cl)c2)c1F.Cl. The summed E-state index contributed by atoms with van der Waals surface area (Å²) in [5.74, 6) is -3.03. The number of aliphatic hydroxyl groups is 1. The Morgan fingerprint density at radius 1 is 1.19 bits per heavy atom.